The van der Waals surface area contributed by atoms with Crippen LogP contribution in [0.2, 0.25) is 0 Å². The van der Waals surface area contributed by atoms with Crippen molar-refractivity contribution >= 4 is 23.6 Å². The number of piperidine rings is 1. The predicted molar refractivity (Wildman–Crippen MR) is 128 cm³/mol. The number of nitrogens with one attached hydrogen (secondary N) is 2. The van der Waals surface area contributed by atoms with E-state index in [4.69, 9.17) is 9.52 Å². The van der Waals surface area contributed by atoms with Gasteiger partial charge in [-0.15, -0.1) is 0 Å². The van der Waals surface area contributed by atoms with E-state index in [0.29, 0.717) is 36.4 Å². The average molecular weight is 462 g/mol. The molecular weight excluding hydrogens is 434 g/mol. The van der Waals surface area contributed by atoms with Crippen LogP contribution in [-0.2, 0) is 0 Å². The summed E-state index contributed by atoms with van der Waals surface area (Å²) < 4.78 is 4.96. The van der Waals surface area contributed by atoms with Crippen LogP contribution in [0.4, 0.5) is 10.5 Å². The van der Waals surface area contributed by atoms with Gasteiger partial charge in [0.2, 0.25) is 0 Å². The summed E-state index contributed by atoms with van der Waals surface area (Å²) in [6, 6.07) is 14.7. The minimum atomic E-state index is -0.885. The monoisotopic (exact) mass is 461 g/mol. The van der Waals surface area contributed by atoms with E-state index < -0.39 is 6.09 Å². The summed E-state index contributed by atoms with van der Waals surface area (Å²) in [6.45, 7) is 3.54. The molecule has 1 aliphatic heterocycles. The molecule has 0 radical (unpaired) electrons. The van der Waals surface area contributed by atoms with Crippen LogP contribution in [0.15, 0.2) is 65.5 Å². The lowest BCUT2D eigenvalue weighted by atomic mass is 9.96. The van der Waals surface area contributed by atoms with Crippen LogP contribution in [0.3, 0.4) is 0 Å². The molecule has 8 nitrogen and oxygen atoms in total. The Labute approximate surface area is 197 Å². The van der Waals surface area contributed by atoms with Crippen molar-refractivity contribution in [1.82, 2.24) is 10.2 Å². The highest BCUT2D eigenvalue weighted by molar-refractivity contribution is 6.04. The number of carbonyl (C=O) groups is 3. The molecule has 1 aromatic heterocycles. The fraction of sp³-hybridized carbons (Fsp3) is 0.269. The zero-order valence-corrected chi connectivity index (χ0v) is 18.9. The van der Waals surface area contributed by atoms with Gasteiger partial charge < -0.3 is 25.1 Å². The number of carboxylic acid groups (broad SMARTS) is 1. The number of benzene rings is 2. The van der Waals surface area contributed by atoms with E-state index in [-0.39, 0.29) is 17.7 Å². The van der Waals surface area contributed by atoms with E-state index >= 15 is 0 Å². The topological polar surface area (TPSA) is 112 Å². The van der Waals surface area contributed by atoms with Crippen LogP contribution in [0.1, 0.15) is 39.1 Å². The van der Waals surface area contributed by atoms with Crippen LogP contribution in [0.5, 0.6) is 0 Å². The van der Waals surface area contributed by atoms with Gasteiger partial charge in [0.15, 0.2) is 0 Å². The Hall–Kier alpha value is -4.07. The van der Waals surface area contributed by atoms with Crippen molar-refractivity contribution in [3.63, 3.8) is 0 Å². The standard InChI is InChI=1S/C26H27N3O5/c1-17-2-7-22(28-25(31)21-10-13-34-16-21)14-23(17)19-3-5-20(6-4-19)24(30)27-15-18-8-11-29(12-9-18)26(32)33/h2-7,10,13-14,16,18H,8-9,11-12,15H2,1H3,(H,27,30)(H,28,31)(H,32,33). The fourth-order valence-corrected chi connectivity index (χ4v) is 4.08. The van der Waals surface area contributed by atoms with E-state index in [1.165, 1.54) is 17.4 Å². The maximum atomic E-state index is 12.6. The molecule has 1 fully saturated rings. The lowest BCUT2D eigenvalue weighted by molar-refractivity contribution is 0.0928. The molecule has 2 heterocycles. The van der Waals surface area contributed by atoms with Gasteiger partial charge in [-0.1, -0.05) is 18.2 Å². The molecule has 4 rings (SSSR count). The Morgan fingerprint density at radius 2 is 1.74 bits per heavy atom. The number of furan rings is 1. The highest BCUT2D eigenvalue weighted by Crippen LogP contribution is 2.27. The van der Waals surface area contributed by atoms with E-state index in [9.17, 15) is 14.4 Å². The number of anilines is 1. The number of rotatable bonds is 6. The Morgan fingerprint density at radius 1 is 1.00 bits per heavy atom. The Kier molecular flexibility index (Phi) is 6.96. The molecule has 34 heavy (non-hydrogen) atoms. The van der Waals surface area contributed by atoms with E-state index in [1.54, 1.807) is 18.2 Å². The SMILES string of the molecule is Cc1ccc(NC(=O)c2ccoc2)cc1-c1ccc(C(=O)NCC2CCN(C(=O)O)CC2)cc1. The minimum Gasteiger partial charge on any atom is -0.472 e. The van der Waals surface area contributed by atoms with Crippen molar-refractivity contribution in [3.05, 3.63) is 77.7 Å². The molecule has 0 spiro atoms. The second-order valence-electron chi connectivity index (χ2n) is 8.50. The first-order valence-corrected chi connectivity index (χ1v) is 11.2. The van der Waals surface area contributed by atoms with Crippen molar-refractivity contribution < 1.29 is 23.9 Å². The van der Waals surface area contributed by atoms with Crippen molar-refractivity contribution in [2.75, 3.05) is 25.0 Å². The van der Waals surface area contributed by atoms with Crippen LogP contribution < -0.4 is 10.6 Å². The van der Waals surface area contributed by atoms with Gasteiger partial charge >= 0.3 is 6.09 Å². The molecule has 2 aromatic carbocycles. The van der Waals surface area contributed by atoms with Crippen LogP contribution in [0.25, 0.3) is 11.1 Å². The highest BCUT2D eigenvalue weighted by atomic mass is 16.4. The molecule has 3 N–H and O–H groups in total. The van der Waals surface area contributed by atoms with Gasteiger partial charge in [-0.05, 0) is 72.7 Å². The van der Waals surface area contributed by atoms with Gasteiger partial charge in [0, 0.05) is 30.9 Å². The lowest BCUT2D eigenvalue weighted by Crippen LogP contribution is -2.40. The molecule has 8 heteroatoms. The van der Waals surface area contributed by atoms with Crippen molar-refractivity contribution in [2.45, 2.75) is 19.8 Å². The van der Waals surface area contributed by atoms with Gasteiger partial charge in [0.05, 0.1) is 11.8 Å². The molecule has 0 unspecified atom stereocenters. The predicted octanol–water partition coefficient (Wildman–Crippen LogP) is 4.63. The summed E-state index contributed by atoms with van der Waals surface area (Å²) in [5, 5.41) is 14.9. The van der Waals surface area contributed by atoms with Crippen molar-refractivity contribution in [2.24, 2.45) is 5.92 Å². The number of likely N-dealkylation sites (tertiary alicyclic amines) is 1. The quantitative estimate of drug-likeness (QED) is 0.496. The van der Waals surface area contributed by atoms with Gasteiger partial charge in [0.25, 0.3) is 11.8 Å². The van der Waals surface area contributed by atoms with Gasteiger partial charge in [-0.2, -0.15) is 0 Å². The maximum Gasteiger partial charge on any atom is 0.407 e. The maximum absolute atomic E-state index is 12.6. The summed E-state index contributed by atoms with van der Waals surface area (Å²) in [7, 11) is 0. The average Bonchev–Trinajstić information content (AvgIpc) is 3.39. The summed E-state index contributed by atoms with van der Waals surface area (Å²) in [6.07, 6.45) is 3.46. The van der Waals surface area contributed by atoms with E-state index in [1.807, 2.05) is 37.3 Å². The first kappa shape index (κ1) is 23.1. The third-order valence-corrected chi connectivity index (χ3v) is 6.17. The molecular formula is C26H27N3O5. The smallest absolute Gasteiger partial charge is 0.407 e. The van der Waals surface area contributed by atoms with E-state index in [0.717, 1.165) is 29.5 Å². The molecule has 1 aliphatic rings. The molecule has 0 aliphatic carbocycles. The summed E-state index contributed by atoms with van der Waals surface area (Å²) >= 11 is 0. The van der Waals surface area contributed by atoms with Crippen LogP contribution in [-0.4, -0.2) is 47.5 Å². The number of amides is 3. The van der Waals surface area contributed by atoms with Crippen molar-refractivity contribution in [3.8, 4) is 11.1 Å². The molecule has 0 bridgehead atoms. The van der Waals surface area contributed by atoms with Gasteiger partial charge in [-0.25, -0.2) is 4.79 Å². The second kappa shape index (κ2) is 10.2. The zero-order chi connectivity index (χ0) is 24.1. The normalized spacial score (nSPS) is 14.0. The second-order valence-corrected chi connectivity index (χ2v) is 8.50. The number of hydrogen-bond donors (Lipinski definition) is 3. The summed E-state index contributed by atoms with van der Waals surface area (Å²) in [5.74, 6) is -0.115. The van der Waals surface area contributed by atoms with E-state index in [2.05, 4.69) is 10.6 Å². The highest BCUT2D eigenvalue weighted by Gasteiger charge is 2.22. The van der Waals surface area contributed by atoms with Gasteiger partial charge in [-0.3, -0.25) is 9.59 Å². The molecule has 3 aromatic rings. The molecule has 0 atom stereocenters. The molecule has 1 saturated heterocycles. The van der Waals surface area contributed by atoms with Crippen molar-refractivity contribution in [1.29, 1.82) is 0 Å². The number of hydrogen-bond acceptors (Lipinski definition) is 4. The number of aryl methyl sites for hydroxylation is 1. The third-order valence-electron chi connectivity index (χ3n) is 6.17. The number of carbonyl (C=O) groups excluding carboxylic acids is 2. The van der Waals surface area contributed by atoms with Crippen LogP contribution >= 0.6 is 0 Å². The molecule has 0 saturated carbocycles. The Morgan fingerprint density at radius 3 is 2.38 bits per heavy atom. The minimum absolute atomic E-state index is 0.148. The summed E-state index contributed by atoms with van der Waals surface area (Å²) in [4.78, 5) is 37.3. The van der Waals surface area contributed by atoms with Gasteiger partial charge in [0.1, 0.15) is 6.26 Å². The first-order chi connectivity index (χ1) is 16.4. The molecule has 3 amide bonds. The fourth-order valence-electron chi connectivity index (χ4n) is 4.08. The molecule has 176 valence electrons. The lowest BCUT2D eigenvalue weighted by Gasteiger charge is -2.29. The Bertz CT molecular complexity index is 1160. The first-order valence-electron chi connectivity index (χ1n) is 11.2. The Balaban J connectivity index is 1.37. The van der Waals surface area contributed by atoms with Crippen LogP contribution in [0, 0.1) is 12.8 Å². The zero-order valence-electron chi connectivity index (χ0n) is 18.9. The third kappa shape index (κ3) is 5.46. The number of nitrogens with zero attached hydrogens (tertiary/aromatic N) is 1. The largest absolute Gasteiger partial charge is 0.472 e. The summed E-state index contributed by atoms with van der Waals surface area (Å²) in [5.41, 5.74) is 4.63.